The van der Waals surface area contributed by atoms with E-state index in [1.165, 1.54) is 85.9 Å². The van der Waals surface area contributed by atoms with Crippen molar-refractivity contribution in [2.24, 2.45) is 7.05 Å². The van der Waals surface area contributed by atoms with Crippen LogP contribution >= 0.6 is 31.7 Å². The molecule has 0 unspecified atom stereocenters. The second-order valence-electron chi connectivity index (χ2n) is 24.0. The minimum absolute atomic E-state index is 0. The standard InChI is InChI=1S/2C30H24P2.C17H9N.C17H8.4Au/c2*1-5-15-25(16-6-1)31(26-17-7-2-8-18-26)29-23-13-14-24-30(29)32(27-19-9-3-10-20-27)28-21-11-4-12-22-28;1-4-12-7-9-16-15(10-12)14-8-6-13(5-2)11-17(14)18(16)3;1-3-12-6-8-16-15(9-12)11-14-7-5-13(4-2)10-17(14)16;;;;/h2*1-24H;6-11H,3H3;5-10H,11H2;;;;/q;;2*-2;4*+1/p+4. The Morgan fingerprint density at radius 2 is 0.515 bits per heavy atom. The minimum Gasteiger partial charge on any atom is -0.366 e. The molecule has 510 valence electrons. The van der Waals surface area contributed by atoms with Crippen molar-refractivity contribution in [2.45, 2.75) is 6.42 Å². The normalized spacial score (nSPS) is 10.5. The first-order valence-electron chi connectivity index (χ1n) is 33.0. The zero-order valence-electron chi connectivity index (χ0n) is 56.0. The third kappa shape index (κ3) is 18.7. The van der Waals surface area contributed by atoms with Gasteiger partial charge in [-0.1, -0.05) is 200 Å². The number of aromatic nitrogens is 1. The van der Waals surface area contributed by atoms with E-state index in [0.29, 0.717) is 0 Å². The van der Waals surface area contributed by atoms with E-state index in [0.717, 1.165) is 50.5 Å². The molecule has 0 spiro atoms. The molecule has 1 nitrogen and oxygen atoms in total. The SMILES string of the molecule is [Au+].[Au+].[Au+].[Au+].[C-]#Cc1ccc2c(c1)Cc1ccc(C#[C-])cc1-2.[C-]#Cc1ccc2c(c1)c1ccc(C#[C-])cc1n2C.c1ccc([PH+](c2ccccc2)c2ccccc2[PH+](c2ccccc2)c2ccccc2)cc1.c1ccc([PH+](c2ccccc2)c2ccccc2[PH+](c2ccccc2)c2ccccc2)cc1. The van der Waals surface area contributed by atoms with Gasteiger partial charge in [0.1, 0.15) is 95.3 Å². The maximum absolute atomic E-state index is 7.21. The van der Waals surface area contributed by atoms with E-state index in [4.69, 9.17) is 25.7 Å². The summed E-state index contributed by atoms with van der Waals surface area (Å²) in [5, 5.41) is 19.7. The molecule has 0 saturated heterocycles. The molecule has 0 radical (unpaired) electrons. The molecule has 0 aliphatic heterocycles. The number of aryl methyl sites for hydroxylation is 1. The molecule has 14 aromatic carbocycles. The van der Waals surface area contributed by atoms with E-state index in [1.54, 1.807) is 0 Å². The van der Waals surface area contributed by atoms with Crippen LogP contribution in [0, 0.1) is 49.4 Å². The van der Waals surface area contributed by atoms with Crippen molar-refractivity contribution < 1.29 is 89.5 Å². The topological polar surface area (TPSA) is 4.93 Å². The van der Waals surface area contributed by atoms with E-state index in [2.05, 4.69) is 326 Å². The number of hydrogen-bond acceptors (Lipinski definition) is 0. The van der Waals surface area contributed by atoms with Crippen molar-refractivity contribution in [3.63, 3.8) is 0 Å². The summed E-state index contributed by atoms with van der Waals surface area (Å²) in [6.45, 7) is 0. The van der Waals surface area contributed by atoms with Crippen LogP contribution in [-0.4, -0.2) is 4.57 Å². The molecule has 1 aliphatic rings. The Balaban J connectivity index is 0.000000163. The van der Waals surface area contributed by atoms with Gasteiger partial charge in [-0.15, -0.1) is 70.8 Å². The molecular weight excluding hydrogens is 2050 g/mol. The molecule has 9 heteroatoms. The first-order chi connectivity index (χ1) is 48.9. The second-order valence-corrected chi connectivity index (χ2v) is 33.7. The molecule has 15 aromatic rings. The number of hydrogen-bond donors (Lipinski definition) is 0. The third-order valence-electron chi connectivity index (χ3n) is 17.9. The van der Waals surface area contributed by atoms with Crippen LogP contribution in [0.3, 0.4) is 0 Å². The van der Waals surface area contributed by atoms with Gasteiger partial charge < -0.3 is 30.3 Å². The fraction of sp³-hybridized carbons (Fsp3) is 0.0213. The first-order valence-corrected chi connectivity index (χ1v) is 39.0. The fourth-order valence-electron chi connectivity index (χ4n) is 13.3. The summed E-state index contributed by atoms with van der Waals surface area (Å²) in [5.41, 5.74) is 10.3. The van der Waals surface area contributed by atoms with Gasteiger partial charge in [-0.25, -0.2) is 0 Å². The van der Waals surface area contributed by atoms with Crippen LogP contribution in [0.4, 0.5) is 0 Å². The average Bonchev–Trinajstić information content (AvgIpc) is 1.72. The zero-order chi connectivity index (χ0) is 67.7. The quantitative estimate of drug-likeness (QED) is 0.0497. The van der Waals surface area contributed by atoms with E-state index in [9.17, 15) is 0 Å². The van der Waals surface area contributed by atoms with Gasteiger partial charge >= 0.3 is 89.5 Å². The average molecular weight is 2120 g/mol. The summed E-state index contributed by atoms with van der Waals surface area (Å²) in [6.07, 6.45) is 29.6. The van der Waals surface area contributed by atoms with Crippen molar-refractivity contribution in [1.29, 1.82) is 0 Å². The summed E-state index contributed by atoms with van der Waals surface area (Å²) in [7, 11) is -2.55. The minimum atomic E-state index is -1.14. The Labute approximate surface area is 675 Å². The van der Waals surface area contributed by atoms with Gasteiger partial charge in [0, 0.05) is 23.5 Å². The van der Waals surface area contributed by atoms with Crippen LogP contribution in [0.5, 0.6) is 0 Å². The Bertz CT molecular complexity index is 4860. The van der Waals surface area contributed by atoms with E-state index in [1.807, 2.05) is 73.8 Å². The molecule has 0 fully saturated rings. The van der Waals surface area contributed by atoms with Gasteiger partial charge in [-0.05, 0) is 150 Å². The van der Waals surface area contributed by atoms with Crippen molar-refractivity contribution in [2.75, 3.05) is 0 Å². The Kier molecular flexibility index (Phi) is 29.9. The number of nitrogens with zero attached hydrogens (tertiary/aromatic N) is 1. The maximum atomic E-state index is 7.21. The number of rotatable bonds is 12. The summed E-state index contributed by atoms with van der Waals surface area (Å²) >= 11 is 0. The smallest absolute Gasteiger partial charge is 0.366 e. The molecule has 103 heavy (non-hydrogen) atoms. The van der Waals surface area contributed by atoms with Crippen LogP contribution in [0.15, 0.2) is 364 Å². The van der Waals surface area contributed by atoms with E-state index < -0.39 is 31.7 Å². The Morgan fingerprint density at radius 1 is 0.243 bits per heavy atom. The van der Waals surface area contributed by atoms with E-state index >= 15 is 0 Å². The second kappa shape index (κ2) is 39.1. The molecule has 1 aliphatic carbocycles. The number of benzene rings is 14. The molecule has 0 bridgehead atoms. The van der Waals surface area contributed by atoms with Crippen LogP contribution < -0.4 is 63.7 Å². The summed E-state index contributed by atoms with van der Waals surface area (Å²) in [4.78, 5) is 0. The van der Waals surface area contributed by atoms with Crippen LogP contribution in [0.1, 0.15) is 33.4 Å². The van der Waals surface area contributed by atoms with Gasteiger partial charge in [0.05, 0.1) is 0 Å². The molecule has 1 heterocycles. The molecule has 16 rings (SSSR count). The van der Waals surface area contributed by atoms with Crippen molar-refractivity contribution in [1.82, 2.24) is 4.57 Å². The predicted octanol–water partition coefficient (Wildman–Crippen LogP) is 15.7. The maximum Gasteiger partial charge on any atom is 1.00 e. The van der Waals surface area contributed by atoms with Crippen LogP contribution in [0.25, 0.3) is 32.9 Å². The molecule has 0 N–H and O–H groups in total. The summed E-state index contributed by atoms with van der Waals surface area (Å²) < 4.78 is 2.10. The monoisotopic (exact) mass is 2120 g/mol. The fourth-order valence-corrected chi connectivity index (χ4v) is 25.3. The zero-order valence-corrected chi connectivity index (χ0v) is 68.7. The number of fused-ring (bicyclic) bond motifs is 6. The van der Waals surface area contributed by atoms with Crippen molar-refractivity contribution >= 4 is 117 Å². The first kappa shape index (κ1) is 78.9. The Hall–Kier alpha value is -8.20. The Morgan fingerprint density at radius 3 is 0.845 bits per heavy atom. The van der Waals surface area contributed by atoms with Crippen LogP contribution in [-0.2, 0) is 103 Å². The van der Waals surface area contributed by atoms with Gasteiger partial charge in [0.15, 0.2) is 0 Å². The van der Waals surface area contributed by atoms with Crippen molar-refractivity contribution in [3.8, 4) is 34.8 Å². The van der Waals surface area contributed by atoms with Gasteiger partial charge in [0.2, 0.25) is 0 Å². The van der Waals surface area contributed by atoms with Crippen molar-refractivity contribution in [3.05, 3.63) is 423 Å². The summed E-state index contributed by atoms with van der Waals surface area (Å²) in [5.74, 6) is 9.65. The molecular formula is C94H69Au4NP4+4. The molecule has 1 aromatic heterocycles. The predicted molar refractivity (Wildman–Crippen MR) is 433 cm³/mol. The van der Waals surface area contributed by atoms with Gasteiger partial charge in [0.25, 0.3) is 0 Å². The third-order valence-corrected chi connectivity index (χ3v) is 29.6. The van der Waals surface area contributed by atoms with Gasteiger partial charge in [-0.3, -0.25) is 23.7 Å². The summed E-state index contributed by atoms with van der Waals surface area (Å²) in [6, 6.07) is 130. The van der Waals surface area contributed by atoms with Crippen LogP contribution in [0.2, 0.25) is 0 Å². The molecule has 0 amide bonds. The largest absolute Gasteiger partial charge is 1.00 e. The van der Waals surface area contributed by atoms with E-state index in [-0.39, 0.29) is 89.5 Å². The molecule has 0 atom stereocenters. The van der Waals surface area contributed by atoms with Gasteiger partial charge in [-0.2, -0.15) is 0 Å². The molecule has 0 saturated carbocycles.